The molecule has 7 heteroatoms. The first kappa shape index (κ1) is 18.9. The Morgan fingerprint density at radius 3 is 2.64 bits per heavy atom. The predicted molar refractivity (Wildman–Crippen MR) is 90.3 cm³/mol. The van der Waals surface area contributed by atoms with Crippen LogP contribution in [0.4, 0.5) is 5.69 Å². The van der Waals surface area contributed by atoms with Crippen molar-refractivity contribution in [2.24, 2.45) is 5.92 Å². The zero-order valence-electron chi connectivity index (χ0n) is 12.7. The SMILES string of the molecule is CS(=O)(=O)c1cccc(NC(=O)CCC2CCNCC2)c1.Cl. The Kier molecular flexibility index (Phi) is 7.32. The lowest BCUT2D eigenvalue weighted by Gasteiger charge is -2.22. The maximum atomic E-state index is 11.9. The summed E-state index contributed by atoms with van der Waals surface area (Å²) >= 11 is 0. The summed E-state index contributed by atoms with van der Waals surface area (Å²) in [6.07, 6.45) is 4.77. The van der Waals surface area contributed by atoms with E-state index in [-0.39, 0.29) is 23.2 Å². The summed E-state index contributed by atoms with van der Waals surface area (Å²) < 4.78 is 23.0. The summed E-state index contributed by atoms with van der Waals surface area (Å²) in [6.45, 7) is 2.06. The lowest BCUT2D eigenvalue weighted by Crippen LogP contribution is -2.28. The van der Waals surface area contributed by atoms with Crippen LogP contribution in [0, 0.1) is 5.92 Å². The highest BCUT2D eigenvalue weighted by Gasteiger charge is 2.15. The molecule has 124 valence electrons. The minimum atomic E-state index is -3.25. The van der Waals surface area contributed by atoms with Crippen molar-refractivity contribution in [3.63, 3.8) is 0 Å². The first-order chi connectivity index (χ1) is 9.95. The summed E-state index contributed by atoms with van der Waals surface area (Å²) in [5.41, 5.74) is 0.535. The van der Waals surface area contributed by atoms with Gasteiger partial charge in [-0.1, -0.05) is 6.07 Å². The van der Waals surface area contributed by atoms with Gasteiger partial charge in [0, 0.05) is 18.4 Å². The molecule has 0 saturated carbocycles. The highest BCUT2D eigenvalue weighted by molar-refractivity contribution is 7.90. The van der Waals surface area contributed by atoms with Crippen LogP contribution in [0.2, 0.25) is 0 Å². The van der Waals surface area contributed by atoms with E-state index in [0.717, 1.165) is 38.6 Å². The number of carbonyl (C=O) groups is 1. The van der Waals surface area contributed by atoms with Crippen molar-refractivity contribution in [2.45, 2.75) is 30.6 Å². The highest BCUT2D eigenvalue weighted by Crippen LogP contribution is 2.19. The van der Waals surface area contributed by atoms with E-state index in [1.807, 2.05) is 0 Å². The van der Waals surface area contributed by atoms with Gasteiger partial charge in [-0.2, -0.15) is 0 Å². The van der Waals surface area contributed by atoms with E-state index in [9.17, 15) is 13.2 Å². The molecule has 0 spiro atoms. The Labute approximate surface area is 138 Å². The number of anilines is 1. The maximum Gasteiger partial charge on any atom is 0.224 e. The smallest absolute Gasteiger partial charge is 0.224 e. The summed E-state index contributed by atoms with van der Waals surface area (Å²) in [7, 11) is -3.25. The molecular weight excluding hydrogens is 324 g/mol. The van der Waals surface area contributed by atoms with E-state index in [2.05, 4.69) is 10.6 Å². The second kappa shape index (κ2) is 8.50. The van der Waals surface area contributed by atoms with Gasteiger partial charge in [0.15, 0.2) is 9.84 Å². The van der Waals surface area contributed by atoms with Crippen LogP contribution in [0.1, 0.15) is 25.7 Å². The van der Waals surface area contributed by atoms with Crippen LogP contribution in [-0.2, 0) is 14.6 Å². The van der Waals surface area contributed by atoms with E-state index in [1.54, 1.807) is 12.1 Å². The first-order valence-corrected chi connectivity index (χ1v) is 9.15. The molecule has 0 aromatic heterocycles. The van der Waals surface area contributed by atoms with Gasteiger partial charge in [0.25, 0.3) is 0 Å². The molecule has 0 aliphatic carbocycles. The van der Waals surface area contributed by atoms with Gasteiger partial charge in [-0.15, -0.1) is 12.4 Å². The fourth-order valence-electron chi connectivity index (χ4n) is 2.53. The van der Waals surface area contributed by atoms with Gasteiger partial charge >= 0.3 is 0 Å². The topological polar surface area (TPSA) is 75.3 Å². The van der Waals surface area contributed by atoms with Crippen LogP contribution in [-0.4, -0.2) is 33.7 Å². The summed E-state index contributed by atoms with van der Waals surface area (Å²) in [5.74, 6) is 0.554. The molecule has 1 amide bonds. The zero-order chi connectivity index (χ0) is 15.3. The van der Waals surface area contributed by atoms with Crippen molar-refractivity contribution in [1.82, 2.24) is 5.32 Å². The molecule has 1 aliphatic rings. The Bertz CT molecular complexity index is 599. The number of amides is 1. The third-order valence-electron chi connectivity index (χ3n) is 3.78. The molecule has 0 unspecified atom stereocenters. The predicted octanol–water partition coefficient (Wildman–Crippen LogP) is 2.23. The van der Waals surface area contributed by atoms with Crippen molar-refractivity contribution in [3.8, 4) is 0 Å². The third kappa shape index (κ3) is 5.94. The standard InChI is InChI=1S/C15H22N2O3S.ClH/c1-21(19,20)14-4-2-3-13(11-14)17-15(18)6-5-12-7-9-16-10-8-12;/h2-4,11-12,16H,5-10H2,1H3,(H,17,18);1H. The second-order valence-electron chi connectivity index (χ2n) is 5.58. The van der Waals surface area contributed by atoms with Crippen molar-refractivity contribution in [3.05, 3.63) is 24.3 Å². The van der Waals surface area contributed by atoms with E-state index in [4.69, 9.17) is 0 Å². The van der Waals surface area contributed by atoms with Gasteiger partial charge in [-0.3, -0.25) is 4.79 Å². The molecule has 1 aliphatic heterocycles. The Morgan fingerprint density at radius 2 is 2.00 bits per heavy atom. The number of sulfone groups is 1. The van der Waals surface area contributed by atoms with Crippen molar-refractivity contribution in [1.29, 1.82) is 0 Å². The van der Waals surface area contributed by atoms with Gasteiger partial charge in [-0.05, 0) is 56.5 Å². The normalized spacial score (nSPS) is 15.9. The molecule has 2 N–H and O–H groups in total. The molecule has 1 saturated heterocycles. The highest BCUT2D eigenvalue weighted by atomic mass is 35.5. The average molecular weight is 347 g/mol. The minimum Gasteiger partial charge on any atom is -0.326 e. The van der Waals surface area contributed by atoms with Crippen LogP contribution in [0.25, 0.3) is 0 Å². The lowest BCUT2D eigenvalue weighted by atomic mass is 9.93. The van der Waals surface area contributed by atoms with Gasteiger partial charge < -0.3 is 10.6 Å². The van der Waals surface area contributed by atoms with Crippen LogP contribution < -0.4 is 10.6 Å². The molecule has 0 atom stereocenters. The summed E-state index contributed by atoms with van der Waals surface area (Å²) in [4.78, 5) is 12.2. The van der Waals surface area contributed by atoms with Crippen LogP contribution in [0.3, 0.4) is 0 Å². The quantitative estimate of drug-likeness (QED) is 0.857. The first-order valence-electron chi connectivity index (χ1n) is 7.26. The fourth-order valence-corrected chi connectivity index (χ4v) is 3.20. The molecule has 1 aromatic carbocycles. The van der Waals surface area contributed by atoms with E-state index < -0.39 is 9.84 Å². The number of piperidine rings is 1. The van der Waals surface area contributed by atoms with Gasteiger partial charge in [0.05, 0.1) is 4.90 Å². The van der Waals surface area contributed by atoms with Crippen molar-refractivity contribution in [2.75, 3.05) is 24.7 Å². The van der Waals surface area contributed by atoms with Gasteiger partial charge in [0.2, 0.25) is 5.91 Å². The largest absolute Gasteiger partial charge is 0.326 e. The minimum absolute atomic E-state index is 0. The van der Waals surface area contributed by atoms with Crippen molar-refractivity contribution >= 4 is 33.8 Å². The third-order valence-corrected chi connectivity index (χ3v) is 4.89. The number of carbonyl (C=O) groups excluding carboxylic acids is 1. The molecule has 1 heterocycles. The molecule has 22 heavy (non-hydrogen) atoms. The Hall–Kier alpha value is -1.11. The van der Waals surface area contributed by atoms with Gasteiger partial charge in [-0.25, -0.2) is 8.42 Å². The molecule has 0 radical (unpaired) electrons. The lowest BCUT2D eigenvalue weighted by molar-refractivity contribution is -0.116. The number of nitrogens with one attached hydrogen (secondary N) is 2. The van der Waals surface area contributed by atoms with Crippen LogP contribution in [0.5, 0.6) is 0 Å². The molecule has 5 nitrogen and oxygen atoms in total. The van der Waals surface area contributed by atoms with Gasteiger partial charge in [0.1, 0.15) is 0 Å². The number of rotatable bonds is 5. The summed E-state index contributed by atoms with van der Waals surface area (Å²) in [5, 5.41) is 6.08. The Morgan fingerprint density at radius 1 is 1.32 bits per heavy atom. The second-order valence-corrected chi connectivity index (χ2v) is 7.60. The van der Waals surface area contributed by atoms with E-state index in [1.165, 1.54) is 12.1 Å². The maximum absolute atomic E-state index is 11.9. The Balaban J connectivity index is 0.00000242. The monoisotopic (exact) mass is 346 g/mol. The number of benzene rings is 1. The molecule has 1 fully saturated rings. The zero-order valence-corrected chi connectivity index (χ0v) is 14.3. The molecule has 0 bridgehead atoms. The van der Waals surface area contributed by atoms with Crippen LogP contribution in [0.15, 0.2) is 29.2 Å². The number of hydrogen-bond acceptors (Lipinski definition) is 4. The summed E-state index contributed by atoms with van der Waals surface area (Å²) in [6, 6.07) is 6.37. The van der Waals surface area contributed by atoms with E-state index >= 15 is 0 Å². The molecule has 1 aromatic rings. The number of hydrogen-bond donors (Lipinski definition) is 2. The molecule has 2 rings (SSSR count). The van der Waals surface area contributed by atoms with Crippen molar-refractivity contribution < 1.29 is 13.2 Å². The van der Waals surface area contributed by atoms with Crippen LogP contribution >= 0.6 is 12.4 Å². The number of halogens is 1. The van der Waals surface area contributed by atoms with E-state index in [0.29, 0.717) is 18.0 Å². The fraction of sp³-hybridized carbons (Fsp3) is 0.533. The average Bonchev–Trinajstić information content (AvgIpc) is 2.46. The molecular formula is C15H23ClN2O3S.